The number of nitrogens with zero attached hydrogens (tertiary/aromatic N) is 3. The first kappa shape index (κ1) is 12.8. The Labute approximate surface area is 119 Å². The molecule has 2 heterocycles. The molecule has 1 aliphatic rings. The molecule has 1 fully saturated rings. The number of morpholine rings is 1. The molecule has 3 rings (SSSR count). The number of aromatic nitrogens is 2. The second-order valence-electron chi connectivity index (χ2n) is 4.56. The normalized spacial score (nSPS) is 20.6. The van der Waals surface area contributed by atoms with Crippen LogP contribution in [0.1, 0.15) is 11.9 Å². The second-order valence-corrected chi connectivity index (χ2v) is 5.41. The topological polar surface area (TPSA) is 51.4 Å². The maximum atomic E-state index is 5.68. The van der Waals surface area contributed by atoms with Crippen LogP contribution < -0.4 is 0 Å². The molecule has 19 heavy (non-hydrogen) atoms. The first-order valence-electron chi connectivity index (χ1n) is 6.12. The summed E-state index contributed by atoms with van der Waals surface area (Å²) in [5.41, 5.74) is 0.894. The quantitative estimate of drug-likeness (QED) is 0.849. The highest BCUT2D eigenvalue weighted by molar-refractivity contribution is 9.10. The molecular weight excluding hydrogens is 310 g/mol. The van der Waals surface area contributed by atoms with Gasteiger partial charge in [0, 0.05) is 17.6 Å². The average molecular weight is 324 g/mol. The molecule has 1 unspecified atom stereocenters. The third-order valence-electron chi connectivity index (χ3n) is 3.10. The lowest BCUT2D eigenvalue weighted by Crippen LogP contribution is -2.35. The molecule has 6 heteroatoms. The van der Waals surface area contributed by atoms with Crippen molar-refractivity contribution in [3.05, 3.63) is 34.6 Å². The van der Waals surface area contributed by atoms with Crippen molar-refractivity contribution < 1.29 is 9.26 Å². The van der Waals surface area contributed by atoms with E-state index in [0.29, 0.717) is 18.3 Å². The van der Waals surface area contributed by atoms with E-state index in [0.717, 1.165) is 23.1 Å². The first-order chi connectivity index (χ1) is 9.24. The van der Waals surface area contributed by atoms with E-state index in [2.05, 4.69) is 38.0 Å². The fraction of sp³-hybridized carbons (Fsp3) is 0.385. The van der Waals surface area contributed by atoms with Gasteiger partial charge in [-0.05, 0) is 35.1 Å². The van der Waals surface area contributed by atoms with Crippen molar-refractivity contribution in [1.29, 1.82) is 0 Å². The number of halogens is 1. The largest absolute Gasteiger partial charge is 0.367 e. The van der Waals surface area contributed by atoms with Gasteiger partial charge in [0.05, 0.1) is 12.2 Å². The van der Waals surface area contributed by atoms with Gasteiger partial charge < -0.3 is 14.2 Å². The van der Waals surface area contributed by atoms with Crippen molar-refractivity contribution in [3.63, 3.8) is 0 Å². The van der Waals surface area contributed by atoms with Crippen LogP contribution in [0.4, 0.5) is 0 Å². The highest BCUT2D eigenvalue weighted by Gasteiger charge is 2.25. The number of likely N-dealkylation sites (N-methyl/N-ethyl adjacent to an activating group) is 1. The summed E-state index contributed by atoms with van der Waals surface area (Å²) in [4.78, 5) is 6.64. The standard InChI is InChI=1S/C13H14BrN3O2/c1-17-6-7-18-11(8-17)12-15-13(19-16-12)9-4-2-3-5-10(9)14/h2-5,11H,6-8H2,1H3. The SMILES string of the molecule is CN1CCOC(c2noc(-c3ccccc3Br)n2)C1. The molecule has 1 atom stereocenters. The Morgan fingerprint density at radius 3 is 3.00 bits per heavy atom. The maximum absolute atomic E-state index is 5.68. The third kappa shape index (κ3) is 2.70. The number of hydrogen-bond acceptors (Lipinski definition) is 5. The molecular formula is C13H14BrN3O2. The Morgan fingerprint density at radius 1 is 1.37 bits per heavy atom. The van der Waals surface area contributed by atoms with Gasteiger partial charge in [0.1, 0.15) is 6.10 Å². The van der Waals surface area contributed by atoms with Crippen LogP contribution in [0.5, 0.6) is 0 Å². The monoisotopic (exact) mass is 323 g/mol. The van der Waals surface area contributed by atoms with Gasteiger partial charge >= 0.3 is 0 Å². The molecule has 5 nitrogen and oxygen atoms in total. The second kappa shape index (κ2) is 5.40. The van der Waals surface area contributed by atoms with Crippen LogP contribution in [0.25, 0.3) is 11.5 Å². The predicted molar refractivity (Wildman–Crippen MR) is 73.6 cm³/mol. The van der Waals surface area contributed by atoms with Crippen LogP contribution >= 0.6 is 15.9 Å². The summed E-state index contributed by atoms with van der Waals surface area (Å²) in [7, 11) is 2.06. The van der Waals surface area contributed by atoms with Gasteiger partial charge in [0.15, 0.2) is 0 Å². The summed E-state index contributed by atoms with van der Waals surface area (Å²) in [6.07, 6.45) is -0.112. The van der Waals surface area contributed by atoms with E-state index in [9.17, 15) is 0 Å². The fourth-order valence-corrected chi connectivity index (χ4v) is 2.50. The summed E-state index contributed by atoms with van der Waals surface area (Å²) < 4.78 is 11.9. The number of hydrogen-bond donors (Lipinski definition) is 0. The van der Waals surface area contributed by atoms with Crippen molar-refractivity contribution in [1.82, 2.24) is 15.0 Å². The number of rotatable bonds is 2. The Kier molecular flexibility index (Phi) is 3.63. The summed E-state index contributed by atoms with van der Waals surface area (Å²) in [5, 5.41) is 4.03. The molecule has 0 amide bonds. The van der Waals surface area contributed by atoms with Crippen molar-refractivity contribution in [2.45, 2.75) is 6.10 Å². The molecule has 1 aliphatic heterocycles. The molecule has 0 N–H and O–H groups in total. The van der Waals surface area contributed by atoms with Crippen LogP contribution in [0.2, 0.25) is 0 Å². The van der Waals surface area contributed by atoms with E-state index in [1.54, 1.807) is 0 Å². The van der Waals surface area contributed by atoms with E-state index >= 15 is 0 Å². The minimum atomic E-state index is -0.112. The minimum Gasteiger partial charge on any atom is -0.367 e. The molecule has 100 valence electrons. The predicted octanol–water partition coefficient (Wildman–Crippen LogP) is 2.50. The van der Waals surface area contributed by atoms with Gasteiger partial charge in [-0.3, -0.25) is 0 Å². The van der Waals surface area contributed by atoms with Crippen molar-refractivity contribution in [3.8, 4) is 11.5 Å². The van der Waals surface area contributed by atoms with Crippen LogP contribution in [-0.2, 0) is 4.74 Å². The van der Waals surface area contributed by atoms with Crippen molar-refractivity contribution in [2.75, 3.05) is 26.7 Å². The van der Waals surface area contributed by atoms with Gasteiger partial charge in [-0.15, -0.1) is 0 Å². The molecule has 0 saturated carbocycles. The first-order valence-corrected chi connectivity index (χ1v) is 6.92. The Morgan fingerprint density at radius 2 is 2.21 bits per heavy atom. The number of ether oxygens (including phenoxy) is 1. The Balaban J connectivity index is 1.85. The van der Waals surface area contributed by atoms with E-state index < -0.39 is 0 Å². The van der Waals surface area contributed by atoms with Gasteiger partial charge in [-0.1, -0.05) is 17.3 Å². The number of benzene rings is 1. The summed E-state index contributed by atoms with van der Waals surface area (Å²) in [6.45, 7) is 2.42. The molecule has 1 aromatic carbocycles. The van der Waals surface area contributed by atoms with Crippen LogP contribution in [0, 0.1) is 0 Å². The van der Waals surface area contributed by atoms with Crippen molar-refractivity contribution >= 4 is 15.9 Å². The molecule has 0 aliphatic carbocycles. The molecule has 1 saturated heterocycles. The third-order valence-corrected chi connectivity index (χ3v) is 3.80. The molecule has 0 radical (unpaired) electrons. The Bertz CT molecular complexity index is 573. The summed E-state index contributed by atoms with van der Waals surface area (Å²) >= 11 is 3.48. The van der Waals surface area contributed by atoms with E-state index in [1.165, 1.54) is 0 Å². The highest BCUT2D eigenvalue weighted by atomic mass is 79.9. The molecule has 0 spiro atoms. The Hall–Kier alpha value is -1.24. The molecule has 1 aromatic heterocycles. The zero-order valence-corrected chi connectivity index (χ0v) is 12.1. The van der Waals surface area contributed by atoms with Crippen LogP contribution in [0.3, 0.4) is 0 Å². The molecule has 2 aromatic rings. The lowest BCUT2D eigenvalue weighted by atomic mass is 10.2. The van der Waals surface area contributed by atoms with E-state index in [4.69, 9.17) is 9.26 Å². The lowest BCUT2D eigenvalue weighted by molar-refractivity contribution is -0.0264. The van der Waals surface area contributed by atoms with E-state index in [-0.39, 0.29) is 6.10 Å². The summed E-state index contributed by atoms with van der Waals surface area (Å²) in [5.74, 6) is 1.12. The van der Waals surface area contributed by atoms with Crippen LogP contribution in [-0.4, -0.2) is 41.8 Å². The van der Waals surface area contributed by atoms with Gasteiger partial charge in [0.25, 0.3) is 5.89 Å². The minimum absolute atomic E-state index is 0.112. The summed E-state index contributed by atoms with van der Waals surface area (Å²) in [6, 6.07) is 7.78. The van der Waals surface area contributed by atoms with Crippen LogP contribution in [0.15, 0.2) is 33.3 Å². The van der Waals surface area contributed by atoms with Gasteiger partial charge in [0.2, 0.25) is 5.82 Å². The van der Waals surface area contributed by atoms with Gasteiger partial charge in [-0.2, -0.15) is 4.98 Å². The smallest absolute Gasteiger partial charge is 0.259 e. The van der Waals surface area contributed by atoms with Crippen molar-refractivity contribution in [2.24, 2.45) is 0 Å². The zero-order chi connectivity index (χ0) is 13.2. The highest BCUT2D eigenvalue weighted by Crippen LogP contribution is 2.28. The van der Waals surface area contributed by atoms with Gasteiger partial charge in [-0.25, -0.2) is 0 Å². The van der Waals surface area contributed by atoms with E-state index in [1.807, 2.05) is 24.3 Å². The lowest BCUT2D eigenvalue weighted by Gasteiger charge is -2.27. The fourth-order valence-electron chi connectivity index (χ4n) is 2.04. The average Bonchev–Trinajstić information content (AvgIpc) is 2.89. The maximum Gasteiger partial charge on any atom is 0.259 e. The molecule has 0 bridgehead atoms. The zero-order valence-electron chi connectivity index (χ0n) is 10.5.